The molecule has 2 aromatic carbocycles. The molecule has 2 N–H and O–H groups in total. The number of nitrogens with one attached hydrogen (secondary N) is 2. The molecule has 0 radical (unpaired) electrons. The van der Waals surface area contributed by atoms with Crippen LogP contribution in [-0.4, -0.2) is 22.5 Å². The van der Waals surface area contributed by atoms with Gasteiger partial charge in [0.25, 0.3) is 5.91 Å². The van der Waals surface area contributed by atoms with E-state index in [0.29, 0.717) is 23.9 Å². The van der Waals surface area contributed by atoms with Crippen LogP contribution in [0.2, 0.25) is 0 Å². The van der Waals surface area contributed by atoms with Crippen LogP contribution in [-0.2, 0) is 0 Å². The predicted octanol–water partition coefficient (Wildman–Crippen LogP) is 4.01. The van der Waals surface area contributed by atoms with Gasteiger partial charge in [-0.25, -0.2) is 14.4 Å². The quantitative estimate of drug-likeness (QED) is 0.701. The lowest BCUT2D eigenvalue weighted by atomic mass is 10.2. The number of aromatic nitrogens is 2. The molecule has 0 saturated heterocycles. The Morgan fingerprint density at radius 1 is 1.12 bits per heavy atom. The number of benzene rings is 2. The highest BCUT2D eigenvalue weighted by molar-refractivity contribution is 6.03. The second-order valence-corrected chi connectivity index (χ2v) is 5.30. The number of hydrogen-bond donors (Lipinski definition) is 2. The van der Waals surface area contributed by atoms with Crippen molar-refractivity contribution >= 4 is 23.1 Å². The molecule has 1 amide bonds. The van der Waals surface area contributed by atoms with Crippen LogP contribution in [0.1, 0.15) is 17.4 Å². The van der Waals surface area contributed by atoms with Crippen LogP contribution >= 0.6 is 0 Å². The number of para-hydroxylation sites is 2. The molecule has 6 nitrogen and oxygen atoms in total. The maximum Gasteiger partial charge on any atom is 0.274 e. The summed E-state index contributed by atoms with van der Waals surface area (Å²) in [5, 5.41) is 5.78. The number of halogens is 1. The summed E-state index contributed by atoms with van der Waals surface area (Å²) in [7, 11) is 0. The Balaban J connectivity index is 1.76. The second kappa shape index (κ2) is 8.06. The minimum absolute atomic E-state index is 0.181. The molecule has 0 aliphatic carbocycles. The van der Waals surface area contributed by atoms with Gasteiger partial charge in [0.15, 0.2) is 0 Å². The standard InChI is InChI=1S/C19H17FN4O2/c1-2-26-17-6-4-3-5-15(17)24-18-11-16(21-12-22-18)19(25)23-14-9-7-13(20)8-10-14/h3-12H,2H2,1H3,(H,23,25)(H,21,22,24). The lowest BCUT2D eigenvalue weighted by molar-refractivity contribution is 0.102. The van der Waals surface area contributed by atoms with Crippen LogP contribution in [0.25, 0.3) is 0 Å². The molecule has 0 spiro atoms. The average Bonchev–Trinajstić information content (AvgIpc) is 2.66. The fraction of sp³-hybridized carbons (Fsp3) is 0.105. The first-order valence-electron chi connectivity index (χ1n) is 8.03. The van der Waals surface area contributed by atoms with E-state index < -0.39 is 5.91 Å². The highest BCUT2D eigenvalue weighted by atomic mass is 19.1. The Labute approximate surface area is 150 Å². The van der Waals surface area contributed by atoms with Crippen LogP contribution in [0.5, 0.6) is 5.75 Å². The first kappa shape index (κ1) is 17.3. The first-order chi connectivity index (χ1) is 12.7. The van der Waals surface area contributed by atoms with Crippen LogP contribution in [0.4, 0.5) is 21.6 Å². The maximum absolute atomic E-state index is 12.9. The second-order valence-electron chi connectivity index (χ2n) is 5.30. The minimum atomic E-state index is -0.417. The molecule has 0 unspecified atom stereocenters. The van der Waals surface area contributed by atoms with E-state index in [2.05, 4.69) is 20.6 Å². The van der Waals surface area contributed by atoms with E-state index in [1.54, 1.807) is 0 Å². The van der Waals surface area contributed by atoms with E-state index in [0.717, 1.165) is 5.69 Å². The summed E-state index contributed by atoms with van der Waals surface area (Å²) < 4.78 is 18.5. The van der Waals surface area contributed by atoms with Crippen molar-refractivity contribution in [1.82, 2.24) is 9.97 Å². The highest BCUT2D eigenvalue weighted by Crippen LogP contribution is 2.26. The monoisotopic (exact) mass is 352 g/mol. The number of carbonyl (C=O) groups is 1. The summed E-state index contributed by atoms with van der Waals surface area (Å²) in [5.41, 5.74) is 1.39. The topological polar surface area (TPSA) is 76.1 Å². The normalized spacial score (nSPS) is 10.2. The predicted molar refractivity (Wildman–Crippen MR) is 97.3 cm³/mol. The lowest BCUT2D eigenvalue weighted by Crippen LogP contribution is -2.14. The number of hydrogen-bond acceptors (Lipinski definition) is 5. The molecule has 132 valence electrons. The molecule has 3 aromatic rings. The molecule has 7 heteroatoms. The summed E-state index contributed by atoms with van der Waals surface area (Å²) >= 11 is 0. The van der Waals surface area contributed by atoms with Gasteiger partial charge in [0.05, 0.1) is 12.3 Å². The van der Waals surface area contributed by atoms with E-state index in [9.17, 15) is 9.18 Å². The van der Waals surface area contributed by atoms with Gasteiger partial charge in [0.1, 0.15) is 29.4 Å². The average molecular weight is 352 g/mol. The van der Waals surface area contributed by atoms with Gasteiger partial charge in [0, 0.05) is 11.8 Å². The summed E-state index contributed by atoms with van der Waals surface area (Å²) in [6, 6.07) is 14.5. The SMILES string of the molecule is CCOc1ccccc1Nc1cc(C(=O)Nc2ccc(F)cc2)ncn1. The minimum Gasteiger partial charge on any atom is -0.492 e. The smallest absolute Gasteiger partial charge is 0.274 e. The third-order valence-electron chi connectivity index (χ3n) is 3.45. The summed E-state index contributed by atoms with van der Waals surface area (Å²) in [6.07, 6.45) is 1.30. The lowest BCUT2D eigenvalue weighted by Gasteiger charge is -2.12. The van der Waals surface area contributed by atoms with Crippen molar-refractivity contribution in [2.45, 2.75) is 6.92 Å². The Kier molecular flexibility index (Phi) is 5.38. The van der Waals surface area contributed by atoms with Crippen molar-refractivity contribution < 1.29 is 13.9 Å². The van der Waals surface area contributed by atoms with E-state index in [1.807, 2.05) is 31.2 Å². The third-order valence-corrected chi connectivity index (χ3v) is 3.45. The summed E-state index contributed by atoms with van der Waals surface area (Å²) in [4.78, 5) is 20.4. The van der Waals surface area contributed by atoms with E-state index in [1.165, 1.54) is 36.7 Å². The van der Waals surface area contributed by atoms with E-state index in [-0.39, 0.29) is 11.5 Å². The Morgan fingerprint density at radius 2 is 1.88 bits per heavy atom. The Hall–Kier alpha value is -3.48. The zero-order valence-electron chi connectivity index (χ0n) is 14.1. The summed E-state index contributed by atoms with van der Waals surface area (Å²) in [5.74, 6) is 0.354. The van der Waals surface area contributed by atoms with Crippen molar-refractivity contribution in [3.05, 3.63) is 72.4 Å². The molecular weight excluding hydrogens is 335 g/mol. The molecule has 0 saturated carbocycles. The van der Waals surface area contributed by atoms with Gasteiger partial charge in [-0.3, -0.25) is 4.79 Å². The maximum atomic E-state index is 12.9. The Bertz CT molecular complexity index is 900. The largest absolute Gasteiger partial charge is 0.492 e. The van der Waals surface area contributed by atoms with Gasteiger partial charge >= 0.3 is 0 Å². The third kappa shape index (κ3) is 4.32. The fourth-order valence-electron chi connectivity index (χ4n) is 2.27. The number of amides is 1. The molecule has 0 aliphatic rings. The molecule has 0 fully saturated rings. The van der Waals surface area contributed by atoms with Gasteiger partial charge in [-0.1, -0.05) is 12.1 Å². The highest BCUT2D eigenvalue weighted by Gasteiger charge is 2.11. The van der Waals surface area contributed by atoms with E-state index >= 15 is 0 Å². The number of ether oxygens (including phenoxy) is 1. The van der Waals surface area contributed by atoms with Crippen LogP contribution in [0.15, 0.2) is 60.9 Å². The van der Waals surface area contributed by atoms with Crippen LogP contribution < -0.4 is 15.4 Å². The zero-order valence-corrected chi connectivity index (χ0v) is 14.1. The van der Waals surface area contributed by atoms with Crippen molar-refractivity contribution in [1.29, 1.82) is 0 Å². The zero-order chi connectivity index (χ0) is 18.4. The molecule has 0 bridgehead atoms. The molecule has 1 aromatic heterocycles. The molecular formula is C19H17FN4O2. The fourth-order valence-corrected chi connectivity index (χ4v) is 2.27. The number of rotatable bonds is 6. The molecule has 26 heavy (non-hydrogen) atoms. The number of carbonyl (C=O) groups excluding carboxylic acids is 1. The van der Waals surface area contributed by atoms with E-state index in [4.69, 9.17) is 4.74 Å². The molecule has 3 rings (SSSR count). The van der Waals surface area contributed by atoms with Crippen LogP contribution in [0, 0.1) is 5.82 Å². The van der Waals surface area contributed by atoms with Gasteiger partial charge in [-0.15, -0.1) is 0 Å². The first-order valence-corrected chi connectivity index (χ1v) is 8.03. The van der Waals surface area contributed by atoms with Crippen molar-refractivity contribution in [2.24, 2.45) is 0 Å². The van der Waals surface area contributed by atoms with Gasteiger partial charge in [-0.05, 0) is 43.3 Å². The van der Waals surface area contributed by atoms with Gasteiger partial charge in [0.2, 0.25) is 0 Å². The Morgan fingerprint density at radius 3 is 2.65 bits per heavy atom. The van der Waals surface area contributed by atoms with Crippen molar-refractivity contribution in [2.75, 3.05) is 17.2 Å². The molecule has 1 heterocycles. The molecule has 0 atom stereocenters. The number of nitrogens with zero attached hydrogens (tertiary/aromatic N) is 2. The molecule has 0 aliphatic heterocycles. The van der Waals surface area contributed by atoms with Gasteiger partial charge in [-0.2, -0.15) is 0 Å². The summed E-state index contributed by atoms with van der Waals surface area (Å²) in [6.45, 7) is 2.44. The van der Waals surface area contributed by atoms with Crippen LogP contribution in [0.3, 0.4) is 0 Å². The van der Waals surface area contributed by atoms with Crippen molar-refractivity contribution in [3.8, 4) is 5.75 Å². The number of anilines is 3. The van der Waals surface area contributed by atoms with Gasteiger partial charge < -0.3 is 15.4 Å². The van der Waals surface area contributed by atoms with Crippen molar-refractivity contribution in [3.63, 3.8) is 0 Å².